The van der Waals surface area contributed by atoms with Crippen molar-refractivity contribution in [2.24, 2.45) is 0 Å². The summed E-state index contributed by atoms with van der Waals surface area (Å²) in [4.78, 5) is 17.1. The van der Waals surface area contributed by atoms with Gasteiger partial charge in [0.25, 0.3) is 0 Å². The van der Waals surface area contributed by atoms with Gasteiger partial charge in [-0.15, -0.1) is 0 Å². The van der Waals surface area contributed by atoms with Crippen LogP contribution < -0.4 is 0 Å². The summed E-state index contributed by atoms with van der Waals surface area (Å²) in [7, 11) is 0. The second-order valence-electron chi connectivity index (χ2n) is 3.47. The highest BCUT2D eigenvalue weighted by Crippen LogP contribution is 2.20. The van der Waals surface area contributed by atoms with Gasteiger partial charge < -0.3 is 9.64 Å². The number of hydrogen-bond acceptors (Lipinski definition) is 3. The predicted octanol–water partition coefficient (Wildman–Crippen LogP) is 1.75. The van der Waals surface area contributed by atoms with Gasteiger partial charge in [-0.2, -0.15) is 0 Å². The van der Waals surface area contributed by atoms with Crippen molar-refractivity contribution < 1.29 is 9.53 Å². The average molecular weight is 261 g/mol. The van der Waals surface area contributed by atoms with Crippen LogP contribution in [0.25, 0.3) is 0 Å². The molecule has 0 atom stereocenters. The topological polar surface area (TPSA) is 42.4 Å². The molecule has 0 unspecified atom stereocenters. The van der Waals surface area contributed by atoms with E-state index in [1.54, 1.807) is 17.2 Å². The molecule has 0 N–H and O–H groups in total. The SMILES string of the molecule is O=C1COCCN1Cc1cnc(Cl)cc1Cl. The Morgan fingerprint density at radius 3 is 3.00 bits per heavy atom. The van der Waals surface area contributed by atoms with E-state index in [9.17, 15) is 4.79 Å². The van der Waals surface area contributed by atoms with E-state index in [0.717, 1.165) is 5.56 Å². The number of carbonyl (C=O) groups excluding carboxylic acids is 1. The maximum absolute atomic E-state index is 11.5. The summed E-state index contributed by atoms with van der Waals surface area (Å²) < 4.78 is 5.04. The third-order valence-electron chi connectivity index (χ3n) is 2.34. The van der Waals surface area contributed by atoms with E-state index in [-0.39, 0.29) is 12.5 Å². The van der Waals surface area contributed by atoms with Crippen molar-refractivity contribution in [1.29, 1.82) is 0 Å². The van der Waals surface area contributed by atoms with Gasteiger partial charge in [0.2, 0.25) is 5.91 Å². The number of pyridine rings is 1. The van der Waals surface area contributed by atoms with Crippen LogP contribution in [0.2, 0.25) is 10.2 Å². The van der Waals surface area contributed by atoms with E-state index in [4.69, 9.17) is 27.9 Å². The Bertz CT molecular complexity index is 412. The van der Waals surface area contributed by atoms with Crippen LogP contribution in [0.4, 0.5) is 0 Å². The molecule has 0 bridgehead atoms. The molecule has 1 saturated heterocycles. The molecule has 6 heteroatoms. The third-order valence-corrected chi connectivity index (χ3v) is 2.90. The van der Waals surface area contributed by atoms with Crippen molar-refractivity contribution in [3.05, 3.63) is 28.0 Å². The molecule has 1 aromatic heterocycles. The molecule has 1 aliphatic rings. The first-order valence-corrected chi connectivity index (χ1v) is 5.58. The van der Waals surface area contributed by atoms with Gasteiger partial charge in [-0.05, 0) is 6.07 Å². The van der Waals surface area contributed by atoms with Gasteiger partial charge in [-0.25, -0.2) is 4.98 Å². The van der Waals surface area contributed by atoms with Crippen molar-refractivity contribution in [1.82, 2.24) is 9.88 Å². The number of ether oxygens (including phenoxy) is 1. The van der Waals surface area contributed by atoms with Crippen LogP contribution in [0, 0.1) is 0 Å². The zero-order valence-electron chi connectivity index (χ0n) is 8.45. The zero-order chi connectivity index (χ0) is 11.5. The summed E-state index contributed by atoms with van der Waals surface area (Å²) >= 11 is 11.7. The first kappa shape index (κ1) is 11.6. The van der Waals surface area contributed by atoms with Crippen molar-refractivity contribution >= 4 is 29.1 Å². The fraction of sp³-hybridized carbons (Fsp3) is 0.400. The summed E-state index contributed by atoms with van der Waals surface area (Å²) in [5.41, 5.74) is 0.793. The van der Waals surface area contributed by atoms with Crippen LogP contribution in [-0.2, 0) is 16.1 Å². The van der Waals surface area contributed by atoms with Crippen LogP contribution in [0.15, 0.2) is 12.3 Å². The molecule has 0 spiro atoms. The van der Waals surface area contributed by atoms with Crippen molar-refractivity contribution in [2.75, 3.05) is 19.8 Å². The number of carbonyl (C=O) groups is 1. The second kappa shape index (κ2) is 4.99. The lowest BCUT2D eigenvalue weighted by molar-refractivity contribution is -0.143. The Morgan fingerprint density at radius 2 is 2.31 bits per heavy atom. The van der Waals surface area contributed by atoms with E-state index < -0.39 is 0 Å². The number of rotatable bonds is 2. The molecule has 1 aliphatic heterocycles. The fourth-order valence-electron chi connectivity index (χ4n) is 1.48. The standard InChI is InChI=1S/C10H10Cl2N2O2/c11-8-3-9(12)13-4-7(8)5-14-1-2-16-6-10(14)15/h3-4H,1-2,5-6H2. The number of aromatic nitrogens is 1. The summed E-state index contributed by atoms with van der Waals surface area (Å²) in [5.74, 6) is -0.0303. The first-order valence-electron chi connectivity index (χ1n) is 4.82. The van der Waals surface area contributed by atoms with Crippen LogP contribution in [0.1, 0.15) is 5.56 Å². The molecule has 1 amide bonds. The lowest BCUT2D eigenvalue weighted by atomic mass is 10.2. The predicted molar refractivity (Wildman–Crippen MR) is 60.5 cm³/mol. The molecule has 86 valence electrons. The Kier molecular flexibility index (Phi) is 3.63. The monoisotopic (exact) mass is 260 g/mol. The van der Waals surface area contributed by atoms with E-state index >= 15 is 0 Å². The molecule has 2 heterocycles. The normalized spacial score (nSPS) is 16.6. The van der Waals surface area contributed by atoms with Crippen LogP contribution >= 0.6 is 23.2 Å². The maximum atomic E-state index is 11.5. The molecule has 0 radical (unpaired) electrons. The van der Waals surface area contributed by atoms with Gasteiger partial charge >= 0.3 is 0 Å². The Morgan fingerprint density at radius 1 is 1.50 bits per heavy atom. The largest absolute Gasteiger partial charge is 0.370 e. The Labute approximate surface area is 103 Å². The lowest BCUT2D eigenvalue weighted by Crippen LogP contribution is -2.41. The first-order chi connectivity index (χ1) is 7.66. The quantitative estimate of drug-likeness (QED) is 0.761. The third kappa shape index (κ3) is 2.64. The van der Waals surface area contributed by atoms with Gasteiger partial charge in [-0.3, -0.25) is 4.79 Å². The highest BCUT2D eigenvalue weighted by Gasteiger charge is 2.19. The number of halogens is 2. The van der Waals surface area contributed by atoms with Gasteiger partial charge in [-0.1, -0.05) is 23.2 Å². The molecule has 2 rings (SSSR count). The smallest absolute Gasteiger partial charge is 0.248 e. The van der Waals surface area contributed by atoms with Crippen LogP contribution in [0.5, 0.6) is 0 Å². The average Bonchev–Trinajstić information content (AvgIpc) is 2.25. The minimum atomic E-state index is -0.0303. The van der Waals surface area contributed by atoms with E-state index in [0.29, 0.717) is 29.9 Å². The maximum Gasteiger partial charge on any atom is 0.248 e. The number of hydrogen-bond donors (Lipinski definition) is 0. The summed E-state index contributed by atoms with van der Waals surface area (Å²) in [6, 6.07) is 1.57. The Hall–Kier alpha value is -0.840. The van der Waals surface area contributed by atoms with E-state index in [1.165, 1.54) is 0 Å². The zero-order valence-corrected chi connectivity index (χ0v) is 9.96. The molecule has 1 fully saturated rings. The lowest BCUT2D eigenvalue weighted by Gasteiger charge is -2.26. The molecule has 0 aromatic carbocycles. The van der Waals surface area contributed by atoms with E-state index in [1.807, 2.05) is 0 Å². The highest BCUT2D eigenvalue weighted by molar-refractivity contribution is 6.34. The number of nitrogens with zero attached hydrogens (tertiary/aromatic N) is 2. The van der Waals surface area contributed by atoms with Crippen LogP contribution in [0.3, 0.4) is 0 Å². The summed E-state index contributed by atoms with van der Waals surface area (Å²) in [6.45, 7) is 1.73. The van der Waals surface area contributed by atoms with Crippen molar-refractivity contribution in [3.8, 4) is 0 Å². The second-order valence-corrected chi connectivity index (χ2v) is 4.26. The number of morpholine rings is 1. The molecular weight excluding hydrogens is 251 g/mol. The molecule has 4 nitrogen and oxygen atoms in total. The van der Waals surface area contributed by atoms with Gasteiger partial charge in [0, 0.05) is 24.8 Å². The van der Waals surface area contributed by atoms with Gasteiger partial charge in [0.05, 0.1) is 11.6 Å². The van der Waals surface area contributed by atoms with E-state index in [2.05, 4.69) is 4.98 Å². The molecule has 0 saturated carbocycles. The molecule has 16 heavy (non-hydrogen) atoms. The van der Waals surface area contributed by atoms with Gasteiger partial charge in [0.15, 0.2) is 0 Å². The minimum Gasteiger partial charge on any atom is -0.370 e. The van der Waals surface area contributed by atoms with Crippen LogP contribution in [-0.4, -0.2) is 35.5 Å². The fourth-order valence-corrected chi connectivity index (χ4v) is 1.90. The minimum absolute atomic E-state index is 0.0303. The summed E-state index contributed by atoms with van der Waals surface area (Å²) in [5, 5.41) is 0.876. The van der Waals surface area contributed by atoms with Crippen molar-refractivity contribution in [3.63, 3.8) is 0 Å². The summed E-state index contributed by atoms with van der Waals surface area (Å²) in [6.07, 6.45) is 1.59. The molecular formula is C10H10Cl2N2O2. The van der Waals surface area contributed by atoms with Gasteiger partial charge in [0.1, 0.15) is 11.8 Å². The Balaban J connectivity index is 2.10. The molecule has 0 aliphatic carbocycles. The molecule has 1 aromatic rings. The van der Waals surface area contributed by atoms with Crippen molar-refractivity contribution in [2.45, 2.75) is 6.54 Å². The number of amides is 1. The highest BCUT2D eigenvalue weighted by atomic mass is 35.5.